The maximum absolute atomic E-state index is 13.1. The summed E-state index contributed by atoms with van der Waals surface area (Å²) in [6.07, 6.45) is 5.08. The number of hydrogen-bond donors (Lipinski definition) is 2. The summed E-state index contributed by atoms with van der Waals surface area (Å²) in [5.74, 6) is 0.548. The summed E-state index contributed by atoms with van der Waals surface area (Å²) in [4.78, 5) is 25.7. The third-order valence-electron chi connectivity index (χ3n) is 5.85. The Balaban J connectivity index is 1.62. The number of carbonyl (C=O) groups is 1. The predicted octanol–water partition coefficient (Wildman–Crippen LogP) is 3.46. The van der Waals surface area contributed by atoms with E-state index in [0.717, 1.165) is 37.1 Å². The van der Waals surface area contributed by atoms with E-state index in [0.29, 0.717) is 18.1 Å². The molecule has 2 aliphatic rings. The second-order valence-electron chi connectivity index (χ2n) is 7.75. The van der Waals surface area contributed by atoms with Crippen LogP contribution in [0.4, 0.5) is 11.4 Å². The first-order valence-electron chi connectivity index (χ1n) is 10.5. The second kappa shape index (κ2) is 8.18. The summed E-state index contributed by atoms with van der Waals surface area (Å²) in [6.45, 7) is 2.56. The summed E-state index contributed by atoms with van der Waals surface area (Å²) in [7, 11) is 0. The molecule has 4 rings (SSSR count). The van der Waals surface area contributed by atoms with Gasteiger partial charge in [0.15, 0.2) is 0 Å². The second-order valence-corrected chi connectivity index (χ2v) is 7.75. The number of hydrogen-bond acceptors (Lipinski definition) is 6. The lowest BCUT2D eigenvalue weighted by Gasteiger charge is -2.45. The molecule has 0 saturated heterocycles. The molecule has 1 fully saturated rings. The molecular formula is C23H28N6O. The largest absolute Gasteiger partial charge is 0.369 e. The number of benzene rings is 2. The van der Waals surface area contributed by atoms with Crippen LogP contribution in [0.25, 0.3) is 0 Å². The highest BCUT2D eigenvalue weighted by molar-refractivity contribution is 6.08. The fraction of sp³-hybridized carbons (Fsp3) is 0.348. The Labute approximate surface area is 177 Å². The molecule has 0 unspecified atom stereocenters. The van der Waals surface area contributed by atoms with E-state index in [1.807, 2.05) is 66.4 Å². The van der Waals surface area contributed by atoms with Crippen LogP contribution < -0.4 is 21.3 Å². The fourth-order valence-corrected chi connectivity index (χ4v) is 4.46. The third kappa shape index (κ3) is 3.63. The predicted molar refractivity (Wildman–Crippen MR) is 122 cm³/mol. The Kier molecular flexibility index (Phi) is 5.44. The highest BCUT2D eigenvalue weighted by atomic mass is 16.2. The van der Waals surface area contributed by atoms with Crippen molar-refractivity contribution in [1.82, 2.24) is 0 Å². The number of para-hydroxylation sites is 1. The van der Waals surface area contributed by atoms with Crippen molar-refractivity contribution in [1.29, 1.82) is 0 Å². The monoisotopic (exact) mass is 404 g/mol. The Morgan fingerprint density at radius 3 is 2.33 bits per heavy atom. The summed E-state index contributed by atoms with van der Waals surface area (Å²) in [6, 6.07) is 17.2. The van der Waals surface area contributed by atoms with Crippen LogP contribution in [0, 0.1) is 0 Å². The molecule has 4 N–H and O–H groups in total. The standard InChI is InChI=1S/C23H28N6O/c1-2-28(18-9-5-3-6-10-18)20(30)17-11-13-19(14-12-17)29-22(25)26-21(24)27-23(29)15-7-4-8-16-23/h3,5-6,9-14H,2,4,7-8,15-16H2,1H3,(H4,24,25,26,27). The molecule has 1 aliphatic carbocycles. The zero-order valence-corrected chi connectivity index (χ0v) is 17.3. The van der Waals surface area contributed by atoms with E-state index in [1.165, 1.54) is 6.42 Å². The first kappa shape index (κ1) is 19.9. The lowest BCUT2D eigenvalue weighted by molar-refractivity contribution is 0.0988. The SMILES string of the molecule is CCN(C(=O)c1ccc(N2C(N)=NC(N)=NC23CCCCC3)cc1)c1ccccc1. The van der Waals surface area contributed by atoms with E-state index < -0.39 is 5.66 Å². The van der Waals surface area contributed by atoms with Gasteiger partial charge in [-0.2, -0.15) is 4.99 Å². The van der Waals surface area contributed by atoms with Crippen molar-refractivity contribution in [3.8, 4) is 0 Å². The van der Waals surface area contributed by atoms with Crippen LogP contribution in [-0.2, 0) is 0 Å². The number of nitrogens with two attached hydrogens (primary N) is 2. The van der Waals surface area contributed by atoms with Gasteiger partial charge in [0.1, 0.15) is 5.66 Å². The maximum atomic E-state index is 13.1. The Morgan fingerprint density at radius 2 is 1.70 bits per heavy atom. The van der Waals surface area contributed by atoms with Crippen molar-refractivity contribution in [2.75, 3.05) is 16.3 Å². The Bertz CT molecular complexity index is 961. The van der Waals surface area contributed by atoms with Crippen molar-refractivity contribution in [2.45, 2.75) is 44.7 Å². The normalized spacial score (nSPS) is 18.0. The number of guanidine groups is 2. The van der Waals surface area contributed by atoms with E-state index in [9.17, 15) is 4.79 Å². The number of amides is 1. The van der Waals surface area contributed by atoms with Crippen molar-refractivity contribution >= 4 is 29.2 Å². The minimum absolute atomic E-state index is 0.0369. The zero-order chi connectivity index (χ0) is 21.1. The molecule has 0 radical (unpaired) electrons. The van der Waals surface area contributed by atoms with Gasteiger partial charge in [0.2, 0.25) is 11.9 Å². The topological polar surface area (TPSA) is 100 Å². The van der Waals surface area contributed by atoms with Crippen LogP contribution in [0.3, 0.4) is 0 Å². The minimum atomic E-state index is -0.487. The highest BCUT2D eigenvalue weighted by Gasteiger charge is 2.42. The smallest absolute Gasteiger partial charge is 0.258 e. The number of anilines is 2. The molecule has 7 nitrogen and oxygen atoms in total. The molecule has 1 amide bonds. The lowest BCUT2D eigenvalue weighted by Crippen LogP contribution is -2.58. The van der Waals surface area contributed by atoms with Gasteiger partial charge >= 0.3 is 0 Å². The van der Waals surface area contributed by atoms with Crippen LogP contribution in [0.5, 0.6) is 0 Å². The Hall–Kier alpha value is -3.35. The van der Waals surface area contributed by atoms with E-state index in [2.05, 4.69) is 4.99 Å². The van der Waals surface area contributed by atoms with Crippen molar-refractivity contribution < 1.29 is 4.79 Å². The van der Waals surface area contributed by atoms with Gasteiger partial charge < -0.3 is 16.4 Å². The van der Waals surface area contributed by atoms with Crippen molar-refractivity contribution in [3.05, 3.63) is 60.2 Å². The molecule has 2 aromatic rings. The van der Waals surface area contributed by atoms with E-state index in [4.69, 9.17) is 16.5 Å². The van der Waals surface area contributed by atoms with Crippen LogP contribution >= 0.6 is 0 Å². The molecular weight excluding hydrogens is 376 g/mol. The minimum Gasteiger partial charge on any atom is -0.369 e. The summed E-state index contributed by atoms with van der Waals surface area (Å²) >= 11 is 0. The number of carbonyl (C=O) groups excluding carboxylic acids is 1. The van der Waals surface area contributed by atoms with Crippen LogP contribution in [0.2, 0.25) is 0 Å². The molecule has 0 aromatic heterocycles. The van der Waals surface area contributed by atoms with Gasteiger partial charge in [0.25, 0.3) is 5.91 Å². The van der Waals surface area contributed by atoms with E-state index in [1.54, 1.807) is 4.90 Å². The highest BCUT2D eigenvalue weighted by Crippen LogP contribution is 2.39. The van der Waals surface area contributed by atoms with Gasteiger partial charge in [-0.15, -0.1) is 0 Å². The lowest BCUT2D eigenvalue weighted by atomic mass is 9.87. The van der Waals surface area contributed by atoms with Gasteiger partial charge in [0, 0.05) is 23.5 Å². The molecule has 0 bridgehead atoms. The van der Waals surface area contributed by atoms with Gasteiger partial charge in [-0.3, -0.25) is 9.69 Å². The molecule has 156 valence electrons. The number of nitrogens with zero attached hydrogens (tertiary/aromatic N) is 4. The van der Waals surface area contributed by atoms with E-state index in [-0.39, 0.29) is 11.9 Å². The average molecular weight is 405 g/mol. The first-order valence-corrected chi connectivity index (χ1v) is 10.5. The molecule has 2 aromatic carbocycles. The van der Waals surface area contributed by atoms with Gasteiger partial charge in [-0.1, -0.05) is 24.6 Å². The molecule has 1 aliphatic heterocycles. The molecule has 0 atom stereocenters. The maximum Gasteiger partial charge on any atom is 0.258 e. The zero-order valence-electron chi connectivity index (χ0n) is 17.3. The summed E-state index contributed by atoms with van der Waals surface area (Å²) < 4.78 is 0. The first-order chi connectivity index (χ1) is 14.5. The molecule has 1 spiro atoms. The van der Waals surface area contributed by atoms with Gasteiger partial charge in [-0.25, -0.2) is 4.99 Å². The number of aliphatic imine (C=N–C) groups is 2. The molecule has 7 heteroatoms. The Morgan fingerprint density at radius 1 is 1.03 bits per heavy atom. The van der Waals surface area contributed by atoms with Crippen LogP contribution in [0.1, 0.15) is 49.4 Å². The third-order valence-corrected chi connectivity index (χ3v) is 5.85. The average Bonchev–Trinajstić information content (AvgIpc) is 2.75. The van der Waals surface area contributed by atoms with Crippen LogP contribution in [-0.4, -0.2) is 30.0 Å². The number of rotatable bonds is 4. The summed E-state index contributed by atoms with van der Waals surface area (Å²) in [5, 5.41) is 0. The summed E-state index contributed by atoms with van der Waals surface area (Å²) in [5.41, 5.74) is 14.1. The fourth-order valence-electron chi connectivity index (χ4n) is 4.46. The molecule has 1 saturated carbocycles. The van der Waals surface area contributed by atoms with Gasteiger partial charge in [-0.05, 0) is 69.0 Å². The molecule has 30 heavy (non-hydrogen) atoms. The van der Waals surface area contributed by atoms with E-state index >= 15 is 0 Å². The van der Waals surface area contributed by atoms with Crippen LogP contribution in [0.15, 0.2) is 64.6 Å². The van der Waals surface area contributed by atoms with Crippen molar-refractivity contribution in [2.24, 2.45) is 21.5 Å². The van der Waals surface area contributed by atoms with Crippen molar-refractivity contribution in [3.63, 3.8) is 0 Å². The molecule has 1 heterocycles. The van der Waals surface area contributed by atoms with Gasteiger partial charge in [0.05, 0.1) is 0 Å². The quantitative estimate of drug-likeness (QED) is 0.815.